The first-order valence-electron chi connectivity index (χ1n) is 9.01. The van der Waals surface area contributed by atoms with Gasteiger partial charge in [0, 0.05) is 18.7 Å². The highest BCUT2D eigenvalue weighted by Crippen LogP contribution is 2.34. The molecule has 2 heterocycles. The molecule has 1 saturated heterocycles. The summed E-state index contributed by atoms with van der Waals surface area (Å²) in [5.74, 6) is -1.12. The monoisotopic (exact) mass is 410 g/mol. The van der Waals surface area contributed by atoms with Crippen molar-refractivity contribution in [3.8, 4) is 5.75 Å². The van der Waals surface area contributed by atoms with Crippen molar-refractivity contribution in [2.24, 2.45) is 0 Å². The van der Waals surface area contributed by atoms with Crippen LogP contribution in [0.3, 0.4) is 0 Å². The molecule has 0 aliphatic carbocycles. The zero-order chi connectivity index (χ0) is 20.4. The number of anilines is 3. The SMILES string of the molecule is COc1ccc(NC(=O)C(=O)Nc2nc3ccccc3s2)cc1N1CCCC1=O. The van der Waals surface area contributed by atoms with Crippen LogP contribution in [0.2, 0.25) is 0 Å². The van der Waals surface area contributed by atoms with E-state index in [0.29, 0.717) is 35.2 Å². The molecule has 4 rings (SSSR count). The Balaban J connectivity index is 1.48. The van der Waals surface area contributed by atoms with Crippen molar-refractivity contribution >= 4 is 55.8 Å². The molecule has 0 radical (unpaired) electrons. The predicted molar refractivity (Wildman–Crippen MR) is 111 cm³/mol. The van der Waals surface area contributed by atoms with E-state index in [1.54, 1.807) is 23.1 Å². The van der Waals surface area contributed by atoms with Crippen molar-refractivity contribution in [3.05, 3.63) is 42.5 Å². The highest BCUT2D eigenvalue weighted by Gasteiger charge is 2.25. The van der Waals surface area contributed by atoms with Crippen LogP contribution >= 0.6 is 11.3 Å². The highest BCUT2D eigenvalue weighted by atomic mass is 32.1. The van der Waals surface area contributed by atoms with Crippen LogP contribution in [0.5, 0.6) is 5.75 Å². The summed E-state index contributed by atoms with van der Waals surface area (Å²) in [6, 6.07) is 12.4. The number of benzene rings is 2. The lowest BCUT2D eigenvalue weighted by atomic mass is 10.2. The summed E-state index contributed by atoms with van der Waals surface area (Å²) >= 11 is 1.29. The van der Waals surface area contributed by atoms with Gasteiger partial charge in [-0.3, -0.25) is 19.7 Å². The van der Waals surface area contributed by atoms with Gasteiger partial charge in [0.05, 0.1) is 23.0 Å². The van der Waals surface area contributed by atoms with Gasteiger partial charge in [-0.05, 0) is 36.8 Å². The van der Waals surface area contributed by atoms with Crippen LogP contribution in [0.15, 0.2) is 42.5 Å². The normalized spacial score (nSPS) is 13.6. The number of hydrogen-bond donors (Lipinski definition) is 2. The summed E-state index contributed by atoms with van der Waals surface area (Å²) in [4.78, 5) is 42.6. The molecule has 0 spiro atoms. The maximum atomic E-state index is 12.3. The van der Waals surface area contributed by atoms with Crippen LogP contribution in [-0.4, -0.2) is 36.4 Å². The van der Waals surface area contributed by atoms with Gasteiger partial charge in [-0.15, -0.1) is 0 Å². The lowest BCUT2D eigenvalue weighted by Gasteiger charge is -2.20. The Morgan fingerprint density at radius 3 is 2.66 bits per heavy atom. The van der Waals surface area contributed by atoms with Gasteiger partial charge < -0.3 is 15.0 Å². The molecule has 1 aliphatic heterocycles. The van der Waals surface area contributed by atoms with Gasteiger partial charge in [-0.1, -0.05) is 23.5 Å². The fourth-order valence-corrected chi connectivity index (χ4v) is 4.01. The fourth-order valence-electron chi connectivity index (χ4n) is 3.15. The number of hydrogen-bond acceptors (Lipinski definition) is 6. The number of para-hydroxylation sites is 1. The number of rotatable bonds is 4. The molecule has 2 N–H and O–H groups in total. The zero-order valence-electron chi connectivity index (χ0n) is 15.6. The number of carbonyl (C=O) groups excluding carboxylic acids is 3. The Hall–Kier alpha value is -3.46. The lowest BCUT2D eigenvalue weighted by molar-refractivity contribution is -0.132. The third kappa shape index (κ3) is 3.90. The quantitative estimate of drug-likeness (QED) is 0.644. The van der Waals surface area contributed by atoms with E-state index in [-0.39, 0.29) is 5.91 Å². The summed E-state index contributed by atoms with van der Waals surface area (Å²) in [6.45, 7) is 0.588. The predicted octanol–water partition coefficient (Wildman–Crippen LogP) is 3.01. The molecule has 3 amide bonds. The van der Waals surface area contributed by atoms with Crippen LogP contribution in [0.1, 0.15) is 12.8 Å². The Bertz CT molecular complexity index is 1080. The first kappa shape index (κ1) is 18.9. The molecule has 1 fully saturated rings. The summed E-state index contributed by atoms with van der Waals surface area (Å²) < 4.78 is 6.24. The summed E-state index contributed by atoms with van der Waals surface area (Å²) in [5.41, 5.74) is 1.72. The van der Waals surface area contributed by atoms with Crippen molar-refractivity contribution in [2.45, 2.75) is 12.8 Å². The number of fused-ring (bicyclic) bond motifs is 1. The van der Waals surface area contributed by atoms with E-state index in [2.05, 4.69) is 15.6 Å². The van der Waals surface area contributed by atoms with Crippen LogP contribution in [0, 0.1) is 0 Å². The Morgan fingerprint density at radius 2 is 1.93 bits per heavy atom. The molecular weight excluding hydrogens is 392 g/mol. The van der Waals surface area contributed by atoms with Gasteiger partial charge in [0.1, 0.15) is 5.75 Å². The molecule has 9 heteroatoms. The van der Waals surface area contributed by atoms with Crippen LogP contribution < -0.4 is 20.3 Å². The van der Waals surface area contributed by atoms with E-state index in [1.165, 1.54) is 18.4 Å². The Morgan fingerprint density at radius 1 is 1.14 bits per heavy atom. The second-order valence-corrected chi connectivity index (χ2v) is 7.46. The summed E-state index contributed by atoms with van der Waals surface area (Å²) in [7, 11) is 1.52. The minimum atomic E-state index is -0.826. The fraction of sp³-hybridized carbons (Fsp3) is 0.200. The largest absolute Gasteiger partial charge is 0.495 e. The number of nitrogens with zero attached hydrogens (tertiary/aromatic N) is 2. The molecule has 0 atom stereocenters. The molecule has 0 saturated carbocycles. The molecule has 3 aromatic rings. The third-order valence-electron chi connectivity index (χ3n) is 4.52. The number of amides is 3. The minimum Gasteiger partial charge on any atom is -0.495 e. The van der Waals surface area contributed by atoms with E-state index in [9.17, 15) is 14.4 Å². The number of methoxy groups -OCH3 is 1. The molecule has 148 valence electrons. The number of carbonyl (C=O) groups is 3. The van der Waals surface area contributed by atoms with Crippen molar-refractivity contribution in [2.75, 3.05) is 29.2 Å². The molecule has 1 aromatic heterocycles. The summed E-state index contributed by atoms with van der Waals surface area (Å²) in [5, 5.41) is 5.43. The second kappa shape index (κ2) is 7.88. The van der Waals surface area contributed by atoms with E-state index in [1.807, 2.05) is 24.3 Å². The van der Waals surface area contributed by atoms with Crippen molar-refractivity contribution in [1.82, 2.24) is 4.98 Å². The van der Waals surface area contributed by atoms with Crippen LogP contribution in [0.25, 0.3) is 10.2 Å². The van der Waals surface area contributed by atoms with Gasteiger partial charge in [0.2, 0.25) is 5.91 Å². The van der Waals surface area contributed by atoms with Crippen molar-refractivity contribution < 1.29 is 19.1 Å². The number of nitrogens with one attached hydrogen (secondary N) is 2. The standard InChI is InChI=1S/C20H18N4O4S/c1-28-15-9-8-12(11-14(15)24-10-4-7-17(24)25)21-18(26)19(27)23-20-22-13-5-2-3-6-16(13)29-20/h2-3,5-6,8-9,11H,4,7,10H2,1H3,(H,21,26)(H,22,23,27). The Labute approximate surface area is 170 Å². The first-order valence-corrected chi connectivity index (χ1v) is 9.83. The summed E-state index contributed by atoms with van der Waals surface area (Å²) in [6.07, 6.45) is 1.24. The molecule has 0 unspecified atom stereocenters. The molecular formula is C20H18N4O4S. The highest BCUT2D eigenvalue weighted by molar-refractivity contribution is 7.22. The van der Waals surface area contributed by atoms with E-state index < -0.39 is 11.8 Å². The zero-order valence-corrected chi connectivity index (χ0v) is 16.4. The smallest absolute Gasteiger partial charge is 0.315 e. The average molecular weight is 410 g/mol. The van der Waals surface area contributed by atoms with E-state index >= 15 is 0 Å². The van der Waals surface area contributed by atoms with Crippen molar-refractivity contribution in [3.63, 3.8) is 0 Å². The van der Waals surface area contributed by atoms with Crippen molar-refractivity contribution in [1.29, 1.82) is 0 Å². The van der Waals surface area contributed by atoms with Gasteiger partial charge in [0.15, 0.2) is 5.13 Å². The lowest BCUT2D eigenvalue weighted by Crippen LogP contribution is -2.29. The maximum Gasteiger partial charge on any atom is 0.315 e. The average Bonchev–Trinajstić information content (AvgIpc) is 3.33. The third-order valence-corrected chi connectivity index (χ3v) is 5.47. The molecule has 1 aliphatic rings. The maximum absolute atomic E-state index is 12.3. The van der Waals surface area contributed by atoms with Gasteiger partial charge in [-0.2, -0.15) is 0 Å². The molecule has 8 nitrogen and oxygen atoms in total. The van der Waals surface area contributed by atoms with E-state index in [0.717, 1.165) is 16.6 Å². The van der Waals surface area contributed by atoms with Gasteiger partial charge >= 0.3 is 11.8 Å². The molecule has 0 bridgehead atoms. The Kier molecular flexibility index (Phi) is 5.13. The van der Waals surface area contributed by atoms with Crippen LogP contribution in [-0.2, 0) is 14.4 Å². The van der Waals surface area contributed by atoms with Crippen LogP contribution in [0.4, 0.5) is 16.5 Å². The van der Waals surface area contributed by atoms with Gasteiger partial charge in [0.25, 0.3) is 0 Å². The van der Waals surface area contributed by atoms with Gasteiger partial charge in [-0.25, -0.2) is 4.98 Å². The molecule has 29 heavy (non-hydrogen) atoms. The second-order valence-electron chi connectivity index (χ2n) is 6.43. The number of ether oxygens (including phenoxy) is 1. The topological polar surface area (TPSA) is 101 Å². The number of aromatic nitrogens is 1. The van der Waals surface area contributed by atoms with E-state index in [4.69, 9.17) is 4.74 Å². The number of thiazole rings is 1. The minimum absolute atomic E-state index is 0.000329. The first-order chi connectivity index (χ1) is 14.0. The molecule has 2 aromatic carbocycles.